The second-order valence-corrected chi connectivity index (χ2v) is 5.78. The van der Waals surface area contributed by atoms with Crippen LogP contribution in [0.15, 0.2) is 18.3 Å². The number of pyridine rings is 1. The van der Waals surface area contributed by atoms with E-state index >= 15 is 0 Å². The van der Waals surface area contributed by atoms with Gasteiger partial charge in [0, 0.05) is 38.3 Å². The van der Waals surface area contributed by atoms with E-state index in [1.165, 1.54) is 25.7 Å². The minimum absolute atomic E-state index is 0. The molecule has 0 saturated carbocycles. The Balaban J connectivity index is 0.00000242. The van der Waals surface area contributed by atoms with Crippen molar-refractivity contribution in [2.75, 3.05) is 24.5 Å². The molecule has 5 nitrogen and oxygen atoms in total. The molecular formula is C16H28Cl2N4O. The molecule has 2 rings (SSSR count). The number of aromatic nitrogens is 1. The molecule has 0 spiro atoms. The predicted octanol–water partition coefficient (Wildman–Crippen LogP) is 2.52. The Labute approximate surface area is 151 Å². The molecule has 0 bridgehead atoms. The van der Waals surface area contributed by atoms with E-state index in [1.807, 2.05) is 19.2 Å². The fourth-order valence-electron chi connectivity index (χ4n) is 2.48. The van der Waals surface area contributed by atoms with Crippen LogP contribution in [0.4, 0.5) is 5.82 Å². The van der Waals surface area contributed by atoms with E-state index in [2.05, 4.69) is 21.3 Å². The van der Waals surface area contributed by atoms with Gasteiger partial charge in [-0.15, -0.1) is 24.8 Å². The number of nitrogens with zero attached hydrogens (tertiary/aromatic N) is 2. The number of anilines is 1. The van der Waals surface area contributed by atoms with Crippen LogP contribution in [0.1, 0.15) is 38.2 Å². The lowest BCUT2D eigenvalue weighted by atomic mass is 10.1. The van der Waals surface area contributed by atoms with Crippen LogP contribution >= 0.6 is 24.8 Å². The SMILES string of the molecule is CC(CN)C(=O)NCc1ccc(N2CCCCCC2)nc1.Cl.Cl. The Morgan fingerprint density at radius 2 is 1.91 bits per heavy atom. The Kier molecular flexibility index (Phi) is 11.0. The van der Waals surface area contributed by atoms with E-state index < -0.39 is 0 Å². The summed E-state index contributed by atoms with van der Waals surface area (Å²) in [6, 6.07) is 4.10. The lowest BCUT2D eigenvalue weighted by Crippen LogP contribution is -2.32. The van der Waals surface area contributed by atoms with Crippen LogP contribution in [0, 0.1) is 5.92 Å². The van der Waals surface area contributed by atoms with Gasteiger partial charge in [0.2, 0.25) is 5.91 Å². The van der Waals surface area contributed by atoms with Crippen molar-refractivity contribution >= 4 is 36.5 Å². The maximum absolute atomic E-state index is 11.7. The minimum atomic E-state index is -0.144. The molecule has 1 unspecified atom stereocenters. The summed E-state index contributed by atoms with van der Waals surface area (Å²) in [5.74, 6) is 0.894. The first kappa shape index (κ1) is 22.0. The molecular weight excluding hydrogens is 335 g/mol. The van der Waals surface area contributed by atoms with Gasteiger partial charge in [0.25, 0.3) is 0 Å². The van der Waals surface area contributed by atoms with Crippen molar-refractivity contribution in [3.05, 3.63) is 23.9 Å². The molecule has 3 N–H and O–H groups in total. The molecule has 1 aliphatic heterocycles. The molecule has 7 heteroatoms. The van der Waals surface area contributed by atoms with E-state index in [0.29, 0.717) is 13.1 Å². The first-order valence-electron chi connectivity index (χ1n) is 7.88. The number of nitrogens with two attached hydrogens (primary N) is 1. The zero-order chi connectivity index (χ0) is 15.1. The number of amides is 1. The molecule has 1 fully saturated rings. The lowest BCUT2D eigenvalue weighted by Gasteiger charge is -2.21. The highest BCUT2D eigenvalue weighted by Gasteiger charge is 2.12. The number of carbonyl (C=O) groups excluding carboxylic acids is 1. The third-order valence-electron chi connectivity index (χ3n) is 4.01. The molecule has 1 amide bonds. The predicted molar refractivity (Wildman–Crippen MR) is 99.5 cm³/mol. The van der Waals surface area contributed by atoms with Crippen molar-refractivity contribution in [1.82, 2.24) is 10.3 Å². The third kappa shape index (κ3) is 6.94. The van der Waals surface area contributed by atoms with Gasteiger partial charge in [-0.25, -0.2) is 4.98 Å². The van der Waals surface area contributed by atoms with Gasteiger partial charge in [0.05, 0.1) is 0 Å². The number of nitrogens with one attached hydrogen (secondary N) is 1. The molecule has 1 aromatic heterocycles. The second-order valence-electron chi connectivity index (χ2n) is 5.78. The second kappa shape index (κ2) is 11.5. The maximum Gasteiger partial charge on any atom is 0.224 e. The van der Waals surface area contributed by atoms with Crippen LogP contribution < -0.4 is 16.0 Å². The van der Waals surface area contributed by atoms with Crippen LogP contribution in [-0.4, -0.2) is 30.5 Å². The van der Waals surface area contributed by atoms with E-state index in [0.717, 1.165) is 24.5 Å². The standard InChI is InChI=1S/C16H26N4O.2ClH/c1-13(10-17)16(21)19-12-14-6-7-15(18-11-14)20-8-4-2-3-5-9-20;;/h6-7,11,13H,2-5,8-10,12,17H2,1H3,(H,19,21);2*1H. The average Bonchev–Trinajstić information content (AvgIpc) is 2.81. The summed E-state index contributed by atoms with van der Waals surface area (Å²) in [7, 11) is 0. The highest BCUT2D eigenvalue weighted by Crippen LogP contribution is 2.17. The monoisotopic (exact) mass is 362 g/mol. The number of carbonyl (C=O) groups is 1. The van der Waals surface area contributed by atoms with Gasteiger partial charge in [0.15, 0.2) is 0 Å². The number of hydrogen-bond donors (Lipinski definition) is 2. The minimum Gasteiger partial charge on any atom is -0.357 e. The van der Waals surface area contributed by atoms with Crippen LogP contribution in [0.2, 0.25) is 0 Å². The summed E-state index contributed by atoms with van der Waals surface area (Å²) < 4.78 is 0. The number of halogens is 2. The van der Waals surface area contributed by atoms with E-state index in [1.54, 1.807) is 0 Å². The molecule has 132 valence electrons. The summed E-state index contributed by atoms with van der Waals surface area (Å²) in [6.45, 7) is 4.90. The van der Waals surface area contributed by atoms with Gasteiger partial charge >= 0.3 is 0 Å². The van der Waals surface area contributed by atoms with Gasteiger partial charge in [-0.1, -0.05) is 25.8 Å². The van der Waals surface area contributed by atoms with Crippen molar-refractivity contribution in [2.45, 2.75) is 39.2 Å². The highest BCUT2D eigenvalue weighted by molar-refractivity contribution is 5.85. The van der Waals surface area contributed by atoms with Crippen molar-refractivity contribution in [1.29, 1.82) is 0 Å². The van der Waals surface area contributed by atoms with E-state index in [9.17, 15) is 4.79 Å². The Morgan fingerprint density at radius 1 is 1.26 bits per heavy atom. The summed E-state index contributed by atoms with van der Waals surface area (Å²) in [6.07, 6.45) is 6.99. The van der Waals surface area contributed by atoms with Gasteiger partial charge in [-0.2, -0.15) is 0 Å². The smallest absolute Gasteiger partial charge is 0.224 e. The van der Waals surface area contributed by atoms with Gasteiger partial charge in [-0.05, 0) is 24.5 Å². The van der Waals surface area contributed by atoms with E-state index in [4.69, 9.17) is 5.73 Å². The zero-order valence-corrected chi connectivity index (χ0v) is 15.3. The van der Waals surface area contributed by atoms with Crippen molar-refractivity contribution in [3.63, 3.8) is 0 Å². The van der Waals surface area contributed by atoms with Crippen LogP contribution in [-0.2, 0) is 11.3 Å². The van der Waals surface area contributed by atoms with Crippen molar-refractivity contribution < 1.29 is 4.79 Å². The van der Waals surface area contributed by atoms with E-state index in [-0.39, 0.29) is 36.6 Å². The van der Waals surface area contributed by atoms with Gasteiger partial charge in [0.1, 0.15) is 5.82 Å². The van der Waals surface area contributed by atoms with Crippen molar-refractivity contribution in [2.24, 2.45) is 11.7 Å². The normalized spacial score (nSPS) is 15.7. The van der Waals surface area contributed by atoms with Crippen LogP contribution in [0.5, 0.6) is 0 Å². The molecule has 1 saturated heterocycles. The van der Waals surface area contributed by atoms with Crippen LogP contribution in [0.25, 0.3) is 0 Å². The average molecular weight is 363 g/mol. The van der Waals surface area contributed by atoms with Crippen LogP contribution in [0.3, 0.4) is 0 Å². The fourth-order valence-corrected chi connectivity index (χ4v) is 2.48. The summed E-state index contributed by atoms with van der Waals surface area (Å²) in [5, 5.41) is 2.89. The highest BCUT2D eigenvalue weighted by atomic mass is 35.5. The summed E-state index contributed by atoms with van der Waals surface area (Å²) in [5.41, 5.74) is 6.50. The molecule has 23 heavy (non-hydrogen) atoms. The van der Waals surface area contributed by atoms with Gasteiger partial charge < -0.3 is 16.0 Å². The third-order valence-corrected chi connectivity index (χ3v) is 4.01. The number of rotatable bonds is 5. The largest absolute Gasteiger partial charge is 0.357 e. The molecule has 2 heterocycles. The molecule has 0 radical (unpaired) electrons. The Hall–Kier alpha value is -1.04. The molecule has 0 aliphatic carbocycles. The summed E-state index contributed by atoms with van der Waals surface area (Å²) >= 11 is 0. The first-order chi connectivity index (χ1) is 10.2. The molecule has 0 aromatic carbocycles. The topological polar surface area (TPSA) is 71.2 Å². The molecule has 1 aliphatic rings. The van der Waals surface area contributed by atoms with Gasteiger partial charge in [-0.3, -0.25) is 4.79 Å². The van der Waals surface area contributed by atoms with Crippen molar-refractivity contribution in [3.8, 4) is 0 Å². The Bertz CT molecular complexity index is 448. The maximum atomic E-state index is 11.7. The quantitative estimate of drug-likeness (QED) is 0.843. The summed E-state index contributed by atoms with van der Waals surface area (Å²) in [4.78, 5) is 18.6. The zero-order valence-electron chi connectivity index (χ0n) is 13.7. The molecule has 1 aromatic rings. The first-order valence-corrected chi connectivity index (χ1v) is 7.88. The Morgan fingerprint density at radius 3 is 2.43 bits per heavy atom. The molecule has 1 atom stereocenters. The fraction of sp³-hybridized carbons (Fsp3) is 0.625. The number of hydrogen-bond acceptors (Lipinski definition) is 4. The lowest BCUT2D eigenvalue weighted by molar-refractivity contribution is -0.124.